The molecule has 1 N–H and O–H groups in total. The van der Waals surface area contributed by atoms with Crippen molar-refractivity contribution in [2.24, 2.45) is 0 Å². The van der Waals surface area contributed by atoms with E-state index in [1.807, 2.05) is 31.2 Å². The minimum Gasteiger partial charge on any atom is -1.00 e. The molecule has 0 bridgehead atoms. The maximum Gasteiger partial charge on any atom is 0.257 e. The van der Waals surface area contributed by atoms with Crippen molar-refractivity contribution in [1.82, 2.24) is 0 Å². The van der Waals surface area contributed by atoms with Gasteiger partial charge in [-0.2, -0.15) is 0 Å². The zero-order valence-electron chi connectivity index (χ0n) is 16.7. The van der Waals surface area contributed by atoms with Crippen molar-refractivity contribution in [3.8, 4) is 0 Å². The van der Waals surface area contributed by atoms with Crippen LogP contribution in [0.1, 0.15) is 34.3 Å². The van der Waals surface area contributed by atoms with E-state index in [0.29, 0.717) is 16.6 Å². The quantitative estimate of drug-likeness (QED) is 0.744. The molecule has 4 nitrogen and oxygen atoms in total. The lowest BCUT2D eigenvalue weighted by Gasteiger charge is -2.40. The fraction of sp³-hybridized carbons (Fsp3) is 0.409. The van der Waals surface area contributed by atoms with Crippen molar-refractivity contribution in [2.45, 2.75) is 32.4 Å². The van der Waals surface area contributed by atoms with Gasteiger partial charge in [-0.3, -0.25) is 4.79 Å². The Morgan fingerprint density at radius 1 is 1.14 bits per heavy atom. The summed E-state index contributed by atoms with van der Waals surface area (Å²) in [5.41, 5.74) is 3.44. The number of anilines is 1. The minimum absolute atomic E-state index is 0. The number of ether oxygens (including phenoxy) is 1. The third kappa shape index (κ3) is 5.48. The van der Waals surface area contributed by atoms with Crippen molar-refractivity contribution in [2.75, 3.05) is 32.6 Å². The third-order valence-electron chi connectivity index (χ3n) is 5.43. The maximum atomic E-state index is 12.6. The Balaban J connectivity index is 0.00000280. The van der Waals surface area contributed by atoms with Crippen LogP contribution >= 0.6 is 11.6 Å². The highest BCUT2D eigenvalue weighted by atomic mass is 35.5. The number of quaternary nitrogens is 1. The molecule has 0 unspecified atom stereocenters. The molecule has 2 aromatic carbocycles. The highest BCUT2D eigenvalue weighted by Gasteiger charge is 2.30. The van der Waals surface area contributed by atoms with E-state index in [9.17, 15) is 4.79 Å². The molecule has 0 radical (unpaired) electrons. The summed E-state index contributed by atoms with van der Waals surface area (Å²) >= 11 is 6.19. The first-order valence-electron chi connectivity index (χ1n) is 9.42. The highest BCUT2D eigenvalue weighted by Crippen LogP contribution is 2.24. The SMILES string of the molecule is Cc1cccc(Cl)c1C(=O)Nc1ccc(C[N+](C)(C)C2CCOCC2)cc1.[Cl-]. The summed E-state index contributed by atoms with van der Waals surface area (Å²) in [5.74, 6) is -0.177. The Morgan fingerprint density at radius 2 is 1.79 bits per heavy atom. The molecule has 1 aliphatic heterocycles. The summed E-state index contributed by atoms with van der Waals surface area (Å²) in [7, 11) is 4.57. The van der Waals surface area contributed by atoms with Crippen molar-refractivity contribution in [3.05, 3.63) is 64.2 Å². The first kappa shape index (κ1) is 22.7. The lowest BCUT2D eigenvalue weighted by molar-refractivity contribution is -0.929. The van der Waals surface area contributed by atoms with Crippen molar-refractivity contribution in [3.63, 3.8) is 0 Å². The predicted octanol–water partition coefficient (Wildman–Crippen LogP) is 1.66. The molecule has 6 heteroatoms. The fourth-order valence-electron chi connectivity index (χ4n) is 3.79. The van der Waals surface area contributed by atoms with Crippen molar-refractivity contribution >= 4 is 23.2 Å². The molecule has 1 saturated heterocycles. The van der Waals surface area contributed by atoms with Gasteiger partial charge in [0.1, 0.15) is 6.54 Å². The number of aryl methyl sites for hydroxylation is 1. The van der Waals surface area contributed by atoms with Crippen LogP contribution in [0.4, 0.5) is 5.69 Å². The van der Waals surface area contributed by atoms with Crippen molar-refractivity contribution < 1.29 is 26.4 Å². The topological polar surface area (TPSA) is 38.3 Å². The van der Waals surface area contributed by atoms with Gasteiger partial charge in [0.05, 0.1) is 43.9 Å². The van der Waals surface area contributed by atoms with Gasteiger partial charge < -0.3 is 26.9 Å². The lowest BCUT2D eigenvalue weighted by atomic mass is 10.0. The van der Waals surface area contributed by atoms with Gasteiger partial charge in [-0.05, 0) is 30.7 Å². The van der Waals surface area contributed by atoms with Crippen LogP contribution in [-0.4, -0.2) is 43.7 Å². The van der Waals surface area contributed by atoms with Crippen LogP contribution in [0.25, 0.3) is 0 Å². The largest absolute Gasteiger partial charge is 1.00 e. The second kappa shape index (κ2) is 9.75. The average molecular weight is 423 g/mol. The molecule has 0 aromatic heterocycles. The summed E-state index contributed by atoms with van der Waals surface area (Å²) in [6.07, 6.45) is 2.22. The molecule has 152 valence electrons. The monoisotopic (exact) mass is 422 g/mol. The number of halogens is 2. The van der Waals surface area contributed by atoms with E-state index < -0.39 is 0 Å². The van der Waals surface area contributed by atoms with Gasteiger partial charge in [0.15, 0.2) is 0 Å². The lowest BCUT2D eigenvalue weighted by Crippen LogP contribution is -3.00. The second-order valence-corrected chi connectivity index (χ2v) is 8.27. The molecule has 0 aliphatic carbocycles. The number of carbonyl (C=O) groups is 1. The molecule has 0 saturated carbocycles. The summed E-state index contributed by atoms with van der Waals surface area (Å²) in [5, 5.41) is 3.42. The number of benzene rings is 2. The third-order valence-corrected chi connectivity index (χ3v) is 5.75. The van der Waals surface area contributed by atoms with Gasteiger partial charge in [0.2, 0.25) is 0 Å². The van der Waals surface area contributed by atoms with Gasteiger partial charge in [0, 0.05) is 24.1 Å². The maximum absolute atomic E-state index is 12.6. The Hall–Kier alpha value is -1.59. The van der Waals surface area contributed by atoms with Crippen molar-refractivity contribution in [1.29, 1.82) is 0 Å². The van der Waals surface area contributed by atoms with Crippen LogP contribution in [0, 0.1) is 6.92 Å². The van der Waals surface area contributed by atoms with Crippen LogP contribution in [0.2, 0.25) is 5.02 Å². The molecular weight excluding hydrogens is 395 g/mol. The number of hydrogen-bond donors (Lipinski definition) is 1. The number of rotatable bonds is 5. The molecule has 3 rings (SSSR count). The molecule has 0 atom stereocenters. The molecule has 1 amide bonds. The highest BCUT2D eigenvalue weighted by molar-refractivity contribution is 6.34. The van der Waals surface area contributed by atoms with E-state index in [2.05, 4.69) is 31.5 Å². The van der Waals surface area contributed by atoms with E-state index in [0.717, 1.165) is 48.3 Å². The smallest absolute Gasteiger partial charge is 0.257 e. The second-order valence-electron chi connectivity index (χ2n) is 7.86. The molecule has 28 heavy (non-hydrogen) atoms. The normalized spacial score (nSPS) is 15.0. The fourth-order valence-corrected chi connectivity index (χ4v) is 4.10. The summed E-state index contributed by atoms with van der Waals surface area (Å²) in [6, 6.07) is 14.2. The molecule has 1 aliphatic rings. The Labute approximate surface area is 178 Å². The van der Waals surface area contributed by atoms with E-state index in [1.54, 1.807) is 6.07 Å². The Kier molecular flexibility index (Phi) is 7.90. The predicted molar refractivity (Wildman–Crippen MR) is 110 cm³/mol. The number of amides is 1. The van der Waals surface area contributed by atoms with Gasteiger partial charge >= 0.3 is 0 Å². The summed E-state index contributed by atoms with van der Waals surface area (Å²) in [4.78, 5) is 12.6. The Morgan fingerprint density at radius 3 is 2.39 bits per heavy atom. The first-order valence-corrected chi connectivity index (χ1v) is 9.80. The van der Waals surface area contributed by atoms with Crippen LogP contribution in [-0.2, 0) is 11.3 Å². The summed E-state index contributed by atoms with van der Waals surface area (Å²) < 4.78 is 6.44. The van der Waals surface area contributed by atoms with E-state index in [1.165, 1.54) is 5.56 Å². The molecule has 1 fully saturated rings. The average Bonchev–Trinajstić information content (AvgIpc) is 2.64. The van der Waals surface area contributed by atoms with Gasteiger partial charge in [-0.25, -0.2) is 0 Å². The number of nitrogens with one attached hydrogen (secondary N) is 1. The van der Waals surface area contributed by atoms with E-state index in [4.69, 9.17) is 16.3 Å². The number of nitrogens with zero attached hydrogens (tertiary/aromatic N) is 1. The minimum atomic E-state index is -0.177. The van der Waals surface area contributed by atoms with Crippen LogP contribution in [0.3, 0.4) is 0 Å². The summed E-state index contributed by atoms with van der Waals surface area (Å²) in [6.45, 7) is 4.57. The van der Waals surface area contributed by atoms with Gasteiger partial charge in [-0.15, -0.1) is 0 Å². The zero-order valence-corrected chi connectivity index (χ0v) is 18.2. The zero-order chi connectivity index (χ0) is 19.4. The molecule has 1 heterocycles. The number of carbonyl (C=O) groups excluding carboxylic acids is 1. The molecule has 2 aromatic rings. The first-order chi connectivity index (χ1) is 12.9. The van der Waals surface area contributed by atoms with Gasteiger partial charge in [-0.1, -0.05) is 35.9 Å². The van der Waals surface area contributed by atoms with Crippen LogP contribution < -0.4 is 17.7 Å². The van der Waals surface area contributed by atoms with E-state index in [-0.39, 0.29) is 18.3 Å². The molecular formula is C22H28Cl2N2O2. The standard InChI is InChI=1S/C22H27ClN2O2.ClH/c1-16-5-4-6-20(23)21(16)22(26)24-18-9-7-17(8-10-18)15-25(2,3)19-11-13-27-14-12-19;/h4-10,19H,11-15H2,1-3H3;1H. The van der Waals surface area contributed by atoms with Crippen LogP contribution in [0.5, 0.6) is 0 Å². The Bertz CT molecular complexity index is 780. The molecule has 0 spiro atoms. The van der Waals surface area contributed by atoms with Gasteiger partial charge in [0.25, 0.3) is 5.91 Å². The number of hydrogen-bond acceptors (Lipinski definition) is 2. The van der Waals surface area contributed by atoms with E-state index >= 15 is 0 Å². The van der Waals surface area contributed by atoms with Crippen LogP contribution in [0.15, 0.2) is 42.5 Å².